The van der Waals surface area contributed by atoms with E-state index in [9.17, 15) is 9.18 Å². The van der Waals surface area contributed by atoms with Crippen LogP contribution in [0.1, 0.15) is 12.0 Å². The molecule has 20 heavy (non-hydrogen) atoms. The summed E-state index contributed by atoms with van der Waals surface area (Å²) < 4.78 is 12.7. The minimum absolute atomic E-state index is 0.0591. The van der Waals surface area contributed by atoms with Gasteiger partial charge in [-0.1, -0.05) is 17.7 Å². The Bertz CT molecular complexity index is 566. The first kappa shape index (κ1) is 14.6. The van der Waals surface area contributed by atoms with Crippen molar-refractivity contribution >= 4 is 23.4 Å². The Morgan fingerprint density at radius 2 is 1.75 bits per heavy atom. The Kier molecular flexibility index (Phi) is 5.18. The van der Waals surface area contributed by atoms with Crippen molar-refractivity contribution < 1.29 is 9.18 Å². The summed E-state index contributed by atoms with van der Waals surface area (Å²) in [4.78, 5) is 12.9. The number of hydrogen-bond acceptors (Lipinski definition) is 2. The molecule has 2 nitrogen and oxygen atoms in total. The van der Waals surface area contributed by atoms with Gasteiger partial charge < -0.3 is 5.32 Å². The highest BCUT2D eigenvalue weighted by molar-refractivity contribution is 7.99. The summed E-state index contributed by atoms with van der Waals surface area (Å²) in [6.07, 6.45) is 0.427. The van der Waals surface area contributed by atoms with E-state index < -0.39 is 0 Å². The van der Waals surface area contributed by atoms with Crippen LogP contribution in [0.2, 0.25) is 0 Å². The predicted octanol–water partition coefficient (Wildman–Crippen LogP) is 4.26. The smallest absolute Gasteiger partial charge is 0.225 e. The number of anilines is 1. The van der Waals surface area contributed by atoms with Gasteiger partial charge in [0.15, 0.2) is 0 Å². The van der Waals surface area contributed by atoms with Crippen LogP contribution in [-0.2, 0) is 4.79 Å². The van der Waals surface area contributed by atoms with Gasteiger partial charge >= 0.3 is 0 Å². The Morgan fingerprint density at radius 1 is 1.10 bits per heavy atom. The SMILES string of the molecule is Cc1ccc(SCCC(=O)Nc2ccc(F)cc2)cc1. The molecule has 1 N–H and O–H groups in total. The fraction of sp³-hybridized carbons (Fsp3) is 0.188. The maximum atomic E-state index is 12.7. The third-order valence-corrected chi connectivity index (χ3v) is 3.76. The molecule has 0 saturated heterocycles. The second-order valence-corrected chi connectivity index (χ2v) is 5.63. The number of nitrogens with one attached hydrogen (secondary N) is 1. The van der Waals surface area contributed by atoms with Gasteiger partial charge in [-0.05, 0) is 43.3 Å². The molecule has 0 atom stereocenters. The van der Waals surface area contributed by atoms with Gasteiger partial charge in [0.2, 0.25) is 5.91 Å². The second-order valence-electron chi connectivity index (χ2n) is 4.47. The molecule has 0 saturated carbocycles. The van der Waals surface area contributed by atoms with Gasteiger partial charge in [0, 0.05) is 22.8 Å². The van der Waals surface area contributed by atoms with Gasteiger partial charge in [0.05, 0.1) is 0 Å². The van der Waals surface area contributed by atoms with E-state index in [1.807, 2.05) is 6.92 Å². The third kappa shape index (κ3) is 4.70. The van der Waals surface area contributed by atoms with Gasteiger partial charge in [0.1, 0.15) is 5.82 Å². The molecule has 0 unspecified atom stereocenters. The van der Waals surface area contributed by atoms with Crippen molar-refractivity contribution in [3.05, 3.63) is 59.9 Å². The maximum absolute atomic E-state index is 12.7. The van der Waals surface area contributed by atoms with Crippen LogP contribution in [-0.4, -0.2) is 11.7 Å². The minimum atomic E-state index is -0.307. The lowest BCUT2D eigenvalue weighted by atomic mass is 10.2. The van der Waals surface area contributed by atoms with E-state index in [0.717, 1.165) is 10.6 Å². The van der Waals surface area contributed by atoms with Gasteiger partial charge in [-0.25, -0.2) is 4.39 Å². The van der Waals surface area contributed by atoms with Crippen molar-refractivity contribution in [1.29, 1.82) is 0 Å². The van der Waals surface area contributed by atoms with Crippen molar-refractivity contribution in [3.63, 3.8) is 0 Å². The zero-order valence-electron chi connectivity index (χ0n) is 11.2. The normalized spacial score (nSPS) is 10.3. The quantitative estimate of drug-likeness (QED) is 0.833. The van der Waals surface area contributed by atoms with E-state index in [-0.39, 0.29) is 11.7 Å². The highest BCUT2D eigenvalue weighted by Crippen LogP contribution is 2.19. The number of hydrogen-bond donors (Lipinski definition) is 1. The molecule has 1 amide bonds. The lowest BCUT2D eigenvalue weighted by Gasteiger charge is -2.05. The predicted molar refractivity (Wildman–Crippen MR) is 81.5 cm³/mol. The van der Waals surface area contributed by atoms with E-state index in [1.54, 1.807) is 23.9 Å². The number of benzene rings is 2. The zero-order chi connectivity index (χ0) is 14.4. The van der Waals surface area contributed by atoms with Crippen LogP contribution in [0, 0.1) is 12.7 Å². The molecule has 0 aliphatic heterocycles. The first-order valence-electron chi connectivity index (χ1n) is 6.38. The van der Waals surface area contributed by atoms with Gasteiger partial charge in [-0.2, -0.15) is 0 Å². The summed E-state index contributed by atoms with van der Waals surface area (Å²) in [7, 11) is 0. The molecule has 0 aromatic heterocycles. The molecule has 0 spiro atoms. The molecule has 0 radical (unpaired) electrons. The van der Waals surface area contributed by atoms with Crippen LogP contribution in [0.15, 0.2) is 53.4 Å². The summed E-state index contributed by atoms with van der Waals surface area (Å²) in [6.45, 7) is 2.05. The van der Waals surface area contributed by atoms with Gasteiger partial charge in [-0.15, -0.1) is 11.8 Å². The van der Waals surface area contributed by atoms with Crippen molar-refractivity contribution in [2.24, 2.45) is 0 Å². The number of rotatable bonds is 5. The summed E-state index contributed by atoms with van der Waals surface area (Å²) in [5.74, 6) is 0.352. The summed E-state index contributed by atoms with van der Waals surface area (Å²) in [5, 5.41) is 2.75. The monoisotopic (exact) mass is 289 g/mol. The average molecular weight is 289 g/mol. The van der Waals surface area contributed by atoms with Crippen LogP contribution in [0.5, 0.6) is 0 Å². The number of carbonyl (C=O) groups excluding carboxylic acids is 1. The largest absolute Gasteiger partial charge is 0.326 e. The molecule has 104 valence electrons. The highest BCUT2D eigenvalue weighted by atomic mass is 32.2. The Morgan fingerprint density at radius 3 is 2.40 bits per heavy atom. The van der Waals surface area contributed by atoms with Gasteiger partial charge in [-0.3, -0.25) is 4.79 Å². The minimum Gasteiger partial charge on any atom is -0.326 e. The highest BCUT2D eigenvalue weighted by Gasteiger charge is 2.03. The van der Waals surface area contributed by atoms with Crippen molar-refractivity contribution in [3.8, 4) is 0 Å². The Balaban J connectivity index is 1.75. The molecule has 0 bridgehead atoms. The van der Waals surface area contributed by atoms with E-state index in [0.29, 0.717) is 12.1 Å². The standard InChI is InChI=1S/C16H16FNOS/c1-12-2-8-15(9-3-12)20-11-10-16(19)18-14-6-4-13(17)5-7-14/h2-9H,10-11H2,1H3,(H,18,19). The number of carbonyl (C=O) groups is 1. The first-order chi connectivity index (χ1) is 9.63. The lowest BCUT2D eigenvalue weighted by molar-refractivity contribution is -0.115. The third-order valence-electron chi connectivity index (χ3n) is 2.75. The molecule has 4 heteroatoms. The zero-order valence-corrected chi connectivity index (χ0v) is 12.0. The second kappa shape index (κ2) is 7.10. The van der Waals surface area contributed by atoms with Crippen LogP contribution >= 0.6 is 11.8 Å². The van der Waals surface area contributed by atoms with E-state index in [2.05, 4.69) is 29.6 Å². The molecule has 0 heterocycles. The molecule has 2 aromatic carbocycles. The molecular formula is C16H16FNOS. The molecule has 0 aliphatic rings. The summed E-state index contributed by atoms with van der Waals surface area (Å²) >= 11 is 1.65. The molecule has 0 fully saturated rings. The molecule has 2 rings (SSSR count). The number of amides is 1. The number of aryl methyl sites for hydroxylation is 1. The molecule has 2 aromatic rings. The van der Waals surface area contributed by atoms with Crippen molar-refractivity contribution in [1.82, 2.24) is 0 Å². The first-order valence-corrected chi connectivity index (χ1v) is 7.37. The average Bonchev–Trinajstić information content (AvgIpc) is 2.44. The lowest BCUT2D eigenvalue weighted by Crippen LogP contribution is -2.12. The summed E-state index contributed by atoms with van der Waals surface area (Å²) in [6, 6.07) is 14.0. The fourth-order valence-electron chi connectivity index (χ4n) is 1.65. The van der Waals surface area contributed by atoms with Gasteiger partial charge in [0.25, 0.3) is 0 Å². The summed E-state index contributed by atoms with van der Waals surface area (Å²) in [5.41, 5.74) is 1.85. The maximum Gasteiger partial charge on any atom is 0.225 e. The van der Waals surface area contributed by atoms with Crippen LogP contribution in [0.3, 0.4) is 0 Å². The Hall–Kier alpha value is -1.81. The molecule has 0 aliphatic carbocycles. The van der Waals surface area contributed by atoms with Crippen LogP contribution in [0.25, 0.3) is 0 Å². The number of halogens is 1. The van der Waals surface area contributed by atoms with Crippen molar-refractivity contribution in [2.75, 3.05) is 11.1 Å². The molecular weight excluding hydrogens is 273 g/mol. The Labute approximate surface area is 122 Å². The fourth-order valence-corrected chi connectivity index (χ4v) is 2.50. The van der Waals surface area contributed by atoms with E-state index in [1.165, 1.54) is 17.7 Å². The van der Waals surface area contributed by atoms with E-state index in [4.69, 9.17) is 0 Å². The number of thioether (sulfide) groups is 1. The van der Waals surface area contributed by atoms with Crippen molar-refractivity contribution in [2.45, 2.75) is 18.2 Å². The van der Waals surface area contributed by atoms with E-state index >= 15 is 0 Å². The van der Waals surface area contributed by atoms with Crippen LogP contribution in [0.4, 0.5) is 10.1 Å². The topological polar surface area (TPSA) is 29.1 Å². The van der Waals surface area contributed by atoms with Crippen LogP contribution < -0.4 is 5.32 Å².